The average Bonchev–Trinajstić information content (AvgIpc) is 2.77. The minimum atomic E-state index is -0.782. The van der Waals surface area contributed by atoms with Crippen LogP contribution in [-0.4, -0.2) is 11.1 Å². The van der Waals surface area contributed by atoms with E-state index in [2.05, 4.69) is 97.9 Å². The summed E-state index contributed by atoms with van der Waals surface area (Å²) in [5.41, 5.74) is 0.529. The molecule has 0 heterocycles. The molecule has 0 radical (unpaired) electrons. The van der Waals surface area contributed by atoms with Gasteiger partial charge in [-0.05, 0) is 43.6 Å². The molecule has 0 aliphatic carbocycles. The second-order valence-electron chi connectivity index (χ2n) is 6.56. The number of carboxylic acid groups (broad SMARTS) is 1. The number of benzene rings is 3. The lowest BCUT2D eigenvalue weighted by atomic mass is 10.1. The van der Waals surface area contributed by atoms with Gasteiger partial charge in [-0.2, -0.15) is 0 Å². The van der Waals surface area contributed by atoms with E-state index in [1.807, 2.05) is 0 Å². The third kappa shape index (κ3) is 7.33. The van der Waals surface area contributed by atoms with Gasteiger partial charge in [-0.1, -0.05) is 110 Å². The molecule has 0 spiro atoms. The van der Waals surface area contributed by atoms with Gasteiger partial charge >= 0.3 is 5.97 Å². The maximum atomic E-state index is 10.4. The lowest BCUT2D eigenvalue weighted by molar-refractivity contribution is -0.132. The number of carboxylic acids is 1. The fourth-order valence-corrected chi connectivity index (χ4v) is 5.23. The number of aliphatic carboxylic acids is 1. The molecular weight excluding hydrogens is 375 g/mol. The summed E-state index contributed by atoms with van der Waals surface area (Å²) in [5, 5.41) is 12.7. The lowest BCUT2D eigenvalue weighted by Crippen LogP contribution is -2.20. The van der Waals surface area contributed by atoms with Crippen LogP contribution in [-0.2, 0) is 4.79 Å². The zero-order valence-electron chi connectivity index (χ0n) is 17.2. The number of carbonyl (C=O) groups is 1. The summed E-state index contributed by atoms with van der Waals surface area (Å²) in [7, 11) is -0.446. The van der Waals surface area contributed by atoms with Crippen molar-refractivity contribution >= 4 is 29.8 Å². The van der Waals surface area contributed by atoms with E-state index < -0.39 is 13.9 Å². The van der Waals surface area contributed by atoms with Crippen LogP contribution in [0.25, 0.3) is 0 Å². The number of allylic oxidation sites excluding steroid dienone is 1. The summed E-state index contributed by atoms with van der Waals surface area (Å²) < 4.78 is 0. The highest BCUT2D eigenvalue weighted by Crippen LogP contribution is 2.32. The molecule has 0 aliphatic rings. The molecule has 0 fully saturated rings. The van der Waals surface area contributed by atoms with Crippen LogP contribution in [0, 0.1) is 0 Å². The van der Waals surface area contributed by atoms with Crippen molar-refractivity contribution in [3.8, 4) is 0 Å². The number of rotatable bonds is 7. The van der Waals surface area contributed by atoms with Crippen molar-refractivity contribution in [2.24, 2.45) is 0 Å². The fourth-order valence-electron chi connectivity index (χ4n) is 2.92. The van der Waals surface area contributed by atoms with Crippen molar-refractivity contribution in [1.29, 1.82) is 0 Å². The summed E-state index contributed by atoms with van der Waals surface area (Å²) >= 11 is 0. The first-order valence-corrected chi connectivity index (χ1v) is 11.3. The third-order valence-corrected chi connectivity index (χ3v) is 6.91. The highest BCUT2D eigenvalue weighted by atomic mass is 31.1. The standard InChI is InChI=1S/C18H15P.C8H14O2/c1-4-10-16(11-5-1)19(17-12-6-2-7-13-17)18-14-8-3-9-15-18;1-3-5-6-7(4-2)8(9)10/h1-15H;4H,3,5-6H2,1-2H3,(H,9,10). The topological polar surface area (TPSA) is 37.3 Å². The molecule has 3 aromatic rings. The Kier molecular flexibility index (Phi) is 9.89. The maximum absolute atomic E-state index is 10.4. The summed E-state index contributed by atoms with van der Waals surface area (Å²) in [5.74, 6) is -0.782. The second-order valence-corrected chi connectivity index (χ2v) is 8.78. The zero-order chi connectivity index (χ0) is 20.9. The summed E-state index contributed by atoms with van der Waals surface area (Å²) in [6, 6.07) is 32.3. The van der Waals surface area contributed by atoms with Crippen molar-refractivity contribution in [3.63, 3.8) is 0 Å². The Morgan fingerprint density at radius 2 is 1.17 bits per heavy atom. The Morgan fingerprint density at radius 3 is 1.45 bits per heavy atom. The predicted molar refractivity (Wildman–Crippen MR) is 126 cm³/mol. The molecule has 150 valence electrons. The van der Waals surface area contributed by atoms with Crippen LogP contribution in [0.1, 0.15) is 33.1 Å². The van der Waals surface area contributed by atoms with Crippen LogP contribution in [0.4, 0.5) is 0 Å². The Bertz CT molecular complexity index is 780. The Labute approximate surface area is 175 Å². The Morgan fingerprint density at radius 1 is 0.793 bits per heavy atom. The van der Waals surface area contributed by atoms with Gasteiger partial charge < -0.3 is 5.11 Å². The minimum Gasteiger partial charge on any atom is -0.478 e. The van der Waals surface area contributed by atoms with Crippen LogP contribution < -0.4 is 15.9 Å². The molecule has 0 aliphatic heterocycles. The molecule has 3 rings (SSSR count). The van der Waals surface area contributed by atoms with Gasteiger partial charge in [0.15, 0.2) is 0 Å². The Balaban J connectivity index is 0.000000257. The van der Waals surface area contributed by atoms with Crippen LogP contribution in [0.2, 0.25) is 0 Å². The largest absolute Gasteiger partial charge is 0.478 e. The molecule has 0 unspecified atom stereocenters. The van der Waals surface area contributed by atoms with Gasteiger partial charge in [0.1, 0.15) is 0 Å². The van der Waals surface area contributed by atoms with Crippen molar-refractivity contribution in [1.82, 2.24) is 0 Å². The minimum absolute atomic E-state index is 0.446. The van der Waals surface area contributed by atoms with Crippen molar-refractivity contribution in [3.05, 3.63) is 103 Å². The van der Waals surface area contributed by atoms with Gasteiger partial charge in [0, 0.05) is 5.57 Å². The normalized spacial score (nSPS) is 10.9. The SMILES string of the molecule is CC=C(CCCC)C(=O)O.c1ccc(P(c2ccccc2)c2ccccc2)cc1. The van der Waals surface area contributed by atoms with Gasteiger partial charge in [0.05, 0.1) is 0 Å². The highest BCUT2D eigenvalue weighted by molar-refractivity contribution is 7.79. The second kappa shape index (κ2) is 12.7. The van der Waals surface area contributed by atoms with E-state index in [0.29, 0.717) is 12.0 Å². The van der Waals surface area contributed by atoms with Crippen molar-refractivity contribution < 1.29 is 9.90 Å². The van der Waals surface area contributed by atoms with Crippen LogP contribution >= 0.6 is 7.92 Å². The summed E-state index contributed by atoms with van der Waals surface area (Å²) in [6.45, 7) is 3.81. The molecule has 29 heavy (non-hydrogen) atoms. The molecule has 3 heteroatoms. The number of hydrogen-bond acceptors (Lipinski definition) is 1. The first kappa shape index (κ1) is 22.6. The average molecular weight is 404 g/mol. The molecule has 0 atom stereocenters. The quantitative estimate of drug-likeness (QED) is 0.408. The molecule has 0 saturated carbocycles. The van der Waals surface area contributed by atoms with Gasteiger partial charge in [-0.25, -0.2) is 4.79 Å². The number of hydrogen-bond donors (Lipinski definition) is 1. The van der Waals surface area contributed by atoms with Gasteiger partial charge in [0.2, 0.25) is 0 Å². The van der Waals surface area contributed by atoms with Crippen LogP contribution in [0.15, 0.2) is 103 Å². The summed E-state index contributed by atoms with van der Waals surface area (Å²) in [6.07, 6.45) is 4.37. The number of unbranched alkanes of at least 4 members (excludes halogenated alkanes) is 1. The van der Waals surface area contributed by atoms with Crippen LogP contribution in [0.5, 0.6) is 0 Å². The molecule has 0 bridgehead atoms. The highest BCUT2D eigenvalue weighted by Gasteiger charge is 2.14. The van der Waals surface area contributed by atoms with E-state index in [0.717, 1.165) is 12.8 Å². The van der Waals surface area contributed by atoms with Crippen molar-refractivity contribution in [2.45, 2.75) is 33.1 Å². The van der Waals surface area contributed by atoms with E-state index in [1.165, 1.54) is 15.9 Å². The molecule has 0 aromatic heterocycles. The fraction of sp³-hybridized carbons (Fsp3) is 0.192. The molecule has 1 N–H and O–H groups in total. The zero-order valence-corrected chi connectivity index (χ0v) is 18.1. The first-order chi connectivity index (χ1) is 14.2. The molecule has 0 saturated heterocycles. The van der Waals surface area contributed by atoms with Crippen LogP contribution in [0.3, 0.4) is 0 Å². The molecule has 2 nitrogen and oxygen atoms in total. The van der Waals surface area contributed by atoms with Gasteiger partial charge in [0.25, 0.3) is 0 Å². The third-order valence-electron chi connectivity index (χ3n) is 4.47. The lowest BCUT2D eigenvalue weighted by Gasteiger charge is -2.18. The van der Waals surface area contributed by atoms with E-state index in [1.54, 1.807) is 13.0 Å². The van der Waals surface area contributed by atoms with Gasteiger partial charge in [-0.15, -0.1) is 0 Å². The van der Waals surface area contributed by atoms with E-state index in [9.17, 15) is 4.79 Å². The molecule has 3 aromatic carbocycles. The van der Waals surface area contributed by atoms with Crippen molar-refractivity contribution in [2.75, 3.05) is 0 Å². The van der Waals surface area contributed by atoms with E-state index in [4.69, 9.17) is 5.11 Å². The monoisotopic (exact) mass is 404 g/mol. The van der Waals surface area contributed by atoms with E-state index in [-0.39, 0.29) is 0 Å². The molecular formula is C26H29O2P. The van der Waals surface area contributed by atoms with E-state index >= 15 is 0 Å². The first-order valence-electron chi connectivity index (χ1n) is 10.0. The maximum Gasteiger partial charge on any atom is 0.331 e. The Hall–Kier alpha value is -2.70. The summed E-state index contributed by atoms with van der Waals surface area (Å²) in [4.78, 5) is 10.4. The smallest absolute Gasteiger partial charge is 0.331 e. The van der Waals surface area contributed by atoms with Gasteiger partial charge in [-0.3, -0.25) is 0 Å². The predicted octanol–water partition coefficient (Wildman–Crippen LogP) is 5.65. The molecule has 0 amide bonds.